The average molecular weight is 263 g/mol. The molecule has 0 aliphatic carbocycles. The number of nitrogens with zero attached hydrogens (tertiary/aromatic N) is 4. The van der Waals surface area contributed by atoms with Crippen molar-refractivity contribution in [1.82, 2.24) is 20.2 Å². The van der Waals surface area contributed by atoms with Crippen LogP contribution in [0.2, 0.25) is 0 Å². The molecule has 0 fully saturated rings. The Bertz CT molecular complexity index is 511. The van der Waals surface area contributed by atoms with E-state index < -0.39 is 6.10 Å². The molecule has 0 aliphatic rings. The number of ether oxygens (including phenoxy) is 1. The first kappa shape index (κ1) is 13.4. The van der Waals surface area contributed by atoms with Crippen LogP contribution in [-0.4, -0.2) is 51.7 Å². The van der Waals surface area contributed by atoms with Crippen molar-refractivity contribution < 1.29 is 9.84 Å². The fourth-order valence-electron chi connectivity index (χ4n) is 1.62. The van der Waals surface area contributed by atoms with E-state index in [9.17, 15) is 5.11 Å². The fraction of sp³-hybridized carbons (Fsp3) is 0.417. The minimum absolute atomic E-state index is 0.263. The number of hydrogen-bond acceptors (Lipinski definition) is 6. The molecule has 2 N–H and O–H groups in total. The van der Waals surface area contributed by atoms with Crippen molar-refractivity contribution in [2.75, 3.05) is 25.6 Å². The average Bonchev–Trinajstić information content (AvgIpc) is 2.86. The van der Waals surface area contributed by atoms with Gasteiger partial charge < -0.3 is 15.2 Å². The Morgan fingerprint density at radius 2 is 2.11 bits per heavy atom. The monoisotopic (exact) mass is 263 g/mol. The summed E-state index contributed by atoms with van der Waals surface area (Å²) in [5.74, 6) is 0.485. The van der Waals surface area contributed by atoms with Crippen LogP contribution in [-0.2, 0) is 4.74 Å². The molecule has 1 atom stereocenters. The summed E-state index contributed by atoms with van der Waals surface area (Å²) in [4.78, 5) is 0. The zero-order chi connectivity index (χ0) is 13.7. The lowest BCUT2D eigenvalue weighted by atomic mass is 10.2. The van der Waals surface area contributed by atoms with E-state index in [4.69, 9.17) is 4.74 Å². The number of methoxy groups -OCH3 is 1. The molecule has 0 bridgehead atoms. The maximum absolute atomic E-state index is 9.58. The van der Waals surface area contributed by atoms with Crippen molar-refractivity contribution in [2.45, 2.75) is 13.0 Å². The summed E-state index contributed by atoms with van der Waals surface area (Å²) in [6.07, 6.45) is -0.604. The predicted molar refractivity (Wildman–Crippen MR) is 70.3 cm³/mol. The number of aliphatic hydroxyl groups excluding tert-OH is 1. The molecule has 1 aromatic heterocycles. The molecule has 19 heavy (non-hydrogen) atoms. The molecule has 0 radical (unpaired) electrons. The molecule has 0 amide bonds. The fourth-order valence-corrected chi connectivity index (χ4v) is 1.62. The highest BCUT2D eigenvalue weighted by molar-refractivity contribution is 5.39. The minimum Gasteiger partial charge on any atom is -0.389 e. The molecule has 1 aromatic carbocycles. The predicted octanol–water partition coefficient (Wildman–Crippen LogP) is 0.390. The van der Waals surface area contributed by atoms with Crippen LogP contribution in [0.4, 0.5) is 5.95 Å². The van der Waals surface area contributed by atoms with Gasteiger partial charge in [-0.05, 0) is 29.5 Å². The van der Waals surface area contributed by atoms with Gasteiger partial charge in [-0.15, -0.1) is 0 Å². The molecule has 7 nitrogen and oxygen atoms in total. The summed E-state index contributed by atoms with van der Waals surface area (Å²) in [7, 11) is 1.54. The van der Waals surface area contributed by atoms with Gasteiger partial charge in [-0.25, -0.2) is 0 Å². The smallest absolute Gasteiger partial charge is 0.247 e. The second-order valence-electron chi connectivity index (χ2n) is 4.24. The Labute approximate surface area is 111 Å². The Hall–Kier alpha value is -1.99. The Balaban J connectivity index is 2.07. The number of nitrogens with one attached hydrogen (secondary N) is 1. The molecule has 1 heterocycles. The van der Waals surface area contributed by atoms with Crippen LogP contribution >= 0.6 is 0 Å². The number of aryl methyl sites for hydroxylation is 1. The van der Waals surface area contributed by atoms with Crippen molar-refractivity contribution in [3.63, 3.8) is 0 Å². The highest BCUT2D eigenvalue weighted by Gasteiger charge is 2.10. The lowest BCUT2D eigenvalue weighted by molar-refractivity contribution is 0.0726. The lowest BCUT2D eigenvalue weighted by Gasteiger charge is -2.11. The van der Waals surface area contributed by atoms with Crippen LogP contribution in [0.25, 0.3) is 5.69 Å². The first-order valence-electron chi connectivity index (χ1n) is 5.97. The maximum Gasteiger partial charge on any atom is 0.247 e. The molecule has 0 aliphatic heterocycles. The standard InChI is InChI=1S/C12H17N5O2/c1-9-3-5-10(6-4-9)17-12(14-15-16-17)13-7-11(18)8-19-2/h3-6,11,18H,7-8H2,1-2H3,(H,13,14,16). The summed E-state index contributed by atoms with van der Waals surface area (Å²) < 4.78 is 6.44. The molecule has 0 saturated carbocycles. The summed E-state index contributed by atoms with van der Waals surface area (Å²) in [5, 5.41) is 24.0. The van der Waals surface area contributed by atoms with Gasteiger partial charge in [0.25, 0.3) is 0 Å². The van der Waals surface area contributed by atoms with Crippen molar-refractivity contribution in [2.24, 2.45) is 0 Å². The largest absolute Gasteiger partial charge is 0.389 e. The first-order chi connectivity index (χ1) is 9.20. The summed E-state index contributed by atoms with van der Waals surface area (Å²) >= 11 is 0. The molecule has 0 saturated heterocycles. The van der Waals surface area contributed by atoms with Crippen LogP contribution in [0.5, 0.6) is 0 Å². The normalized spacial score (nSPS) is 12.4. The molecule has 7 heteroatoms. The third-order valence-corrected chi connectivity index (χ3v) is 2.60. The quantitative estimate of drug-likeness (QED) is 0.784. The van der Waals surface area contributed by atoms with E-state index in [1.807, 2.05) is 31.2 Å². The van der Waals surface area contributed by atoms with E-state index in [0.717, 1.165) is 5.69 Å². The number of hydrogen-bond donors (Lipinski definition) is 2. The summed E-state index contributed by atoms with van der Waals surface area (Å²) in [6.45, 7) is 2.60. The number of rotatable bonds is 6. The van der Waals surface area contributed by atoms with Crippen molar-refractivity contribution in [3.8, 4) is 5.69 Å². The second kappa shape index (κ2) is 6.26. The first-order valence-corrected chi connectivity index (χ1v) is 5.97. The van der Waals surface area contributed by atoms with Gasteiger partial charge in [-0.3, -0.25) is 0 Å². The van der Waals surface area contributed by atoms with Crippen LogP contribution < -0.4 is 5.32 Å². The van der Waals surface area contributed by atoms with Gasteiger partial charge in [0.05, 0.1) is 18.4 Å². The summed E-state index contributed by atoms with van der Waals surface area (Å²) in [6, 6.07) is 7.84. The van der Waals surface area contributed by atoms with E-state index >= 15 is 0 Å². The highest BCUT2D eigenvalue weighted by atomic mass is 16.5. The number of benzene rings is 1. The van der Waals surface area contributed by atoms with Crippen LogP contribution in [0.3, 0.4) is 0 Å². The number of aromatic nitrogens is 4. The zero-order valence-electron chi connectivity index (χ0n) is 10.9. The number of tetrazole rings is 1. The second-order valence-corrected chi connectivity index (χ2v) is 4.24. The van der Waals surface area contributed by atoms with Gasteiger partial charge in [-0.2, -0.15) is 4.68 Å². The number of anilines is 1. The van der Waals surface area contributed by atoms with E-state index in [-0.39, 0.29) is 6.61 Å². The van der Waals surface area contributed by atoms with Crippen molar-refractivity contribution in [3.05, 3.63) is 29.8 Å². The van der Waals surface area contributed by atoms with E-state index in [1.54, 1.807) is 11.8 Å². The van der Waals surface area contributed by atoms with E-state index in [0.29, 0.717) is 12.5 Å². The van der Waals surface area contributed by atoms with Gasteiger partial charge in [0.1, 0.15) is 0 Å². The SMILES string of the molecule is COCC(O)CNc1nnnn1-c1ccc(C)cc1. The third-order valence-electron chi connectivity index (χ3n) is 2.60. The molecule has 102 valence electrons. The molecule has 2 rings (SSSR count). The van der Waals surface area contributed by atoms with E-state index in [1.165, 1.54) is 5.56 Å². The van der Waals surface area contributed by atoms with Crippen molar-refractivity contribution >= 4 is 5.95 Å². The van der Waals surface area contributed by atoms with Gasteiger partial charge in [0.2, 0.25) is 5.95 Å². The lowest BCUT2D eigenvalue weighted by Crippen LogP contribution is -2.25. The third kappa shape index (κ3) is 3.49. The zero-order valence-corrected chi connectivity index (χ0v) is 10.9. The molecule has 2 aromatic rings. The van der Waals surface area contributed by atoms with Crippen LogP contribution in [0, 0.1) is 6.92 Å². The van der Waals surface area contributed by atoms with Gasteiger partial charge in [0.15, 0.2) is 0 Å². The summed E-state index contributed by atoms with van der Waals surface area (Å²) in [5.41, 5.74) is 2.03. The van der Waals surface area contributed by atoms with Gasteiger partial charge >= 0.3 is 0 Å². The van der Waals surface area contributed by atoms with Gasteiger partial charge in [0, 0.05) is 13.7 Å². The minimum atomic E-state index is -0.604. The Morgan fingerprint density at radius 3 is 2.79 bits per heavy atom. The Kier molecular flexibility index (Phi) is 4.43. The molecule has 0 spiro atoms. The van der Waals surface area contributed by atoms with Gasteiger partial charge in [-0.1, -0.05) is 22.8 Å². The topological polar surface area (TPSA) is 85.1 Å². The Morgan fingerprint density at radius 1 is 1.37 bits per heavy atom. The van der Waals surface area contributed by atoms with Crippen LogP contribution in [0.15, 0.2) is 24.3 Å². The van der Waals surface area contributed by atoms with Crippen LogP contribution in [0.1, 0.15) is 5.56 Å². The highest BCUT2D eigenvalue weighted by Crippen LogP contribution is 2.12. The molecular formula is C12H17N5O2. The molecule has 1 unspecified atom stereocenters. The van der Waals surface area contributed by atoms with Crippen molar-refractivity contribution in [1.29, 1.82) is 0 Å². The van der Waals surface area contributed by atoms with E-state index in [2.05, 4.69) is 20.8 Å². The number of aliphatic hydroxyl groups is 1. The molecular weight excluding hydrogens is 246 g/mol. The maximum atomic E-state index is 9.58.